The Morgan fingerprint density at radius 1 is 1.19 bits per heavy atom. The highest BCUT2D eigenvalue weighted by Gasteiger charge is 2.23. The van der Waals surface area contributed by atoms with Crippen LogP contribution in [0.2, 0.25) is 0 Å². The minimum atomic E-state index is -0.946. The maximum atomic E-state index is 11.8. The largest absolute Gasteiger partial charge is 0.399 e. The van der Waals surface area contributed by atoms with Gasteiger partial charge in [-0.1, -0.05) is 12.1 Å². The molecule has 114 valence electrons. The number of nitrogens with one attached hydrogen (secondary N) is 1. The van der Waals surface area contributed by atoms with Gasteiger partial charge in [-0.15, -0.1) is 0 Å². The van der Waals surface area contributed by atoms with Crippen molar-refractivity contribution in [2.24, 2.45) is 11.5 Å². The molecule has 4 amide bonds. The van der Waals surface area contributed by atoms with Crippen LogP contribution in [-0.4, -0.2) is 35.3 Å². The van der Waals surface area contributed by atoms with E-state index < -0.39 is 23.9 Å². The monoisotopic (exact) mass is 293 g/mol. The third-order valence-corrected chi connectivity index (χ3v) is 2.90. The molecule has 0 spiro atoms. The molecule has 1 unspecified atom stereocenters. The van der Waals surface area contributed by atoms with E-state index in [1.165, 1.54) is 4.90 Å². The molecule has 1 aromatic carbocycles. The molecule has 0 aliphatic rings. The van der Waals surface area contributed by atoms with Crippen LogP contribution in [0.25, 0.3) is 0 Å². The molecule has 0 saturated carbocycles. The summed E-state index contributed by atoms with van der Waals surface area (Å²) in [6.45, 7) is 1.73. The van der Waals surface area contributed by atoms with Gasteiger partial charge in [-0.2, -0.15) is 0 Å². The lowest BCUT2D eigenvalue weighted by atomic mass is 10.1. The molecule has 8 heteroatoms. The van der Waals surface area contributed by atoms with Crippen molar-refractivity contribution >= 4 is 23.5 Å². The predicted octanol–water partition coefficient (Wildman–Crippen LogP) is -0.860. The van der Waals surface area contributed by atoms with Crippen molar-refractivity contribution in [1.82, 2.24) is 10.2 Å². The molecule has 0 radical (unpaired) electrons. The van der Waals surface area contributed by atoms with Crippen LogP contribution >= 0.6 is 0 Å². The van der Waals surface area contributed by atoms with Crippen LogP contribution < -0.4 is 22.5 Å². The summed E-state index contributed by atoms with van der Waals surface area (Å²) in [5, 5.41) is 1.98. The Hall–Kier alpha value is -2.61. The number of carbonyl (C=O) groups excluding carboxylic acids is 3. The molecule has 1 rings (SSSR count). The summed E-state index contributed by atoms with van der Waals surface area (Å²) >= 11 is 0. The molecule has 0 heterocycles. The number of primary amides is 2. The third-order valence-electron chi connectivity index (χ3n) is 2.90. The second-order valence-electron chi connectivity index (χ2n) is 4.64. The Kier molecular flexibility index (Phi) is 5.67. The summed E-state index contributed by atoms with van der Waals surface area (Å²) in [6.07, 6.45) is 0. The second kappa shape index (κ2) is 7.25. The Morgan fingerprint density at radius 3 is 2.24 bits per heavy atom. The highest BCUT2D eigenvalue weighted by molar-refractivity contribution is 5.96. The molecular weight excluding hydrogens is 274 g/mol. The van der Waals surface area contributed by atoms with Crippen LogP contribution in [-0.2, 0) is 16.1 Å². The van der Waals surface area contributed by atoms with Crippen LogP contribution in [0.1, 0.15) is 12.5 Å². The lowest BCUT2D eigenvalue weighted by Gasteiger charge is -2.26. The first kappa shape index (κ1) is 16.4. The fourth-order valence-corrected chi connectivity index (χ4v) is 1.78. The molecule has 0 fully saturated rings. The number of hydrogen-bond acceptors (Lipinski definition) is 5. The van der Waals surface area contributed by atoms with Gasteiger partial charge < -0.3 is 17.2 Å². The smallest absolute Gasteiger partial charge is 0.318 e. The maximum Gasteiger partial charge on any atom is 0.318 e. The zero-order valence-electron chi connectivity index (χ0n) is 11.7. The quantitative estimate of drug-likeness (QED) is 0.504. The van der Waals surface area contributed by atoms with Gasteiger partial charge in [-0.25, -0.2) is 4.79 Å². The first-order valence-electron chi connectivity index (χ1n) is 6.26. The lowest BCUT2D eigenvalue weighted by Crippen LogP contribution is -2.50. The number of anilines is 1. The van der Waals surface area contributed by atoms with Crippen molar-refractivity contribution in [3.8, 4) is 0 Å². The molecule has 0 aromatic heterocycles. The lowest BCUT2D eigenvalue weighted by molar-refractivity contribution is -0.126. The summed E-state index contributed by atoms with van der Waals surface area (Å²) < 4.78 is 0. The Bertz CT molecular complexity index is 529. The topological polar surface area (TPSA) is 145 Å². The number of urea groups is 1. The van der Waals surface area contributed by atoms with Gasteiger partial charge in [-0.3, -0.25) is 19.8 Å². The minimum Gasteiger partial charge on any atom is -0.399 e. The number of rotatable bonds is 6. The SMILES string of the molecule is CC(C(=O)NC(N)=O)N(CC(N)=O)Cc1ccc(N)cc1. The molecule has 7 N–H and O–H groups in total. The maximum absolute atomic E-state index is 11.8. The van der Waals surface area contributed by atoms with Crippen molar-refractivity contribution in [1.29, 1.82) is 0 Å². The number of benzene rings is 1. The number of nitrogens with zero attached hydrogens (tertiary/aromatic N) is 1. The van der Waals surface area contributed by atoms with Gasteiger partial charge in [0.2, 0.25) is 11.8 Å². The molecule has 0 bridgehead atoms. The average molecular weight is 293 g/mol. The van der Waals surface area contributed by atoms with Crippen LogP contribution in [0, 0.1) is 0 Å². The zero-order chi connectivity index (χ0) is 16.0. The van der Waals surface area contributed by atoms with E-state index in [2.05, 4.69) is 0 Å². The highest BCUT2D eigenvalue weighted by Crippen LogP contribution is 2.11. The first-order chi connectivity index (χ1) is 9.79. The Labute approximate surface area is 122 Å². The van der Waals surface area contributed by atoms with Crippen molar-refractivity contribution < 1.29 is 14.4 Å². The summed E-state index contributed by atoms with van der Waals surface area (Å²) in [6, 6.07) is 5.29. The van der Waals surface area contributed by atoms with Crippen LogP contribution in [0.15, 0.2) is 24.3 Å². The molecular formula is C13H19N5O3. The van der Waals surface area contributed by atoms with Gasteiger partial charge in [0, 0.05) is 12.2 Å². The molecule has 0 aliphatic carbocycles. The normalized spacial score (nSPS) is 11.9. The molecule has 0 aliphatic heterocycles. The van der Waals surface area contributed by atoms with Crippen LogP contribution in [0.3, 0.4) is 0 Å². The number of amides is 4. The summed E-state index contributed by atoms with van der Waals surface area (Å²) in [7, 11) is 0. The average Bonchev–Trinajstić information content (AvgIpc) is 2.38. The van der Waals surface area contributed by atoms with Gasteiger partial charge in [0.15, 0.2) is 0 Å². The van der Waals surface area contributed by atoms with E-state index in [-0.39, 0.29) is 6.54 Å². The van der Waals surface area contributed by atoms with Gasteiger partial charge in [-0.05, 0) is 24.6 Å². The van der Waals surface area contributed by atoms with Crippen molar-refractivity contribution in [2.45, 2.75) is 19.5 Å². The fourth-order valence-electron chi connectivity index (χ4n) is 1.78. The van der Waals surface area contributed by atoms with E-state index in [4.69, 9.17) is 17.2 Å². The second-order valence-corrected chi connectivity index (χ2v) is 4.64. The predicted molar refractivity (Wildman–Crippen MR) is 77.6 cm³/mol. The van der Waals surface area contributed by atoms with Crippen LogP contribution in [0.5, 0.6) is 0 Å². The van der Waals surface area contributed by atoms with E-state index in [1.807, 2.05) is 5.32 Å². The van der Waals surface area contributed by atoms with Crippen LogP contribution in [0.4, 0.5) is 10.5 Å². The van der Waals surface area contributed by atoms with E-state index in [9.17, 15) is 14.4 Å². The third kappa shape index (κ3) is 5.49. The molecule has 1 aromatic rings. The first-order valence-corrected chi connectivity index (χ1v) is 6.26. The number of hydrogen-bond donors (Lipinski definition) is 4. The van der Waals surface area contributed by atoms with Gasteiger partial charge in [0.1, 0.15) is 0 Å². The van der Waals surface area contributed by atoms with Gasteiger partial charge in [0.25, 0.3) is 0 Å². The minimum absolute atomic E-state index is 0.127. The van der Waals surface area contributed by atoms with Crippen molar-refractivity contribution in [2.75, 3.05) is 12.3 Å². The summed E-state index contributed by atoms with van der Waals surface area (Å²) in [4.78, 5) is 35.2. The number of nitrogen functional groups attached to an aromatic ring is 1. The highest BCUT2D eigenvalue weighted by atomic mass is 16.2. The van der Waals surface area contributed by atoms with Gasteiger partial charge in [0.05, 0.1) is 12.6 Å². The van der Waals surface area contributed by atoms with E-state index in [1.54, 1.807) is 31.2 Å². The van der Waals surface area contributed by atoms with E-state index in [0.717, 1.165) is 5.56 Å². The van der Waals surface area contributed by atoms with Gasteiger partial charge >= 0.3 is 6.03 Å². The summed E-state index contributed by atoms with van der Waals surface area (Å²) in [5.41, 5.74) is 17.2. The zero-order valence-corrected chi connectivity index (χ0v) is 11.7. The standard InChI is InChI=1S/C13H19N5O3/c1-8(12(20)17-13(16)21)18(7-11(15)19)6-9-2-4-10(14)5-3-9/h2-5,8H,6-7,14H2,1H3,(H2,15,19)(H3,16,17,20,21). The number of nitrogens with two attached hydrogens (primary N) is 3. The Balaban J connectivity index is 2.83. The van der Waals surface area contributed by atoms with E-state index in [0.29, 0.717) is 12.2 Å². The molecule has 21 heavy (non-hydrogen) atoms. The van der Waals surface area contributed by atoms with Crippen molar-refractivity contribution in [3.63, 3.8) is 0 Å². The van der Waals surface area contributed by atoms with E-state index >= 15 is 0 Å². The Morgan fingerprint density at radius 2 is 1.76 bits per heavy atom. The van der Waals surface area contributed by atoms with Crippen molar-refractivity contribution in [3.05, 3.63) is 29.8 Å². The number of carbonyl (C=O) groups is 3. The fraction of sp³-hybridized carbons (Fsp3) is 0.308. The molecule has 0 saturated heterocycles. The molecule has 8 nitrogen and oxygen atoms in total. The number of imide groups is 1. The summed E-state index contributed by atoms with van der Waals surface area (Å²) in [5.74, 6) is -1.18. The molecule has 1 atom stereocenters.